The van der Waals surface area contributed by atoms with E-state index in [1.54, 1.807) is 18.2 Å². The highest BCUT2D eigenvalue weighted by Gasteiger charge is 2.16. The summed E-state index contributed by atoms with van der Waals surface area (Å²) >= 11 is 0. The molecule has 0 saturated carbocycles. The van der Waals surface area contributed by atoms with Crippen LogP contribution in [-0.2, 0) is 4.74 Å². The number of fused-ring (bicyclic) bond motifs is 1. The maximum absolute atomic E-state index is 12.3. The minimum absolute atomic E-state index is 0.179. The first-order valence-electron chi connectivity index (χ1n) is 8.88. The number of hydrazone groups is 1. The Hall–Kier alpha value is -3.06. The van der Waals surface area contributed by atoms with Gasteiger partial charge in [0, 0.05) is 24.3 Å². The lowest BCUT2D eigenvalue weighted by molar-refractivity contribution is 0.0954. The predicted octanol–water partition coefficient (Wildman–Crippen LogP) is 2.41. The molecule has 7 nitrogen and oxygen atoms in total. The zero-order valence-electron chi connectivity index (χ0n) is 15.1. The number of benzene rings is 2. The SMILES string of the molecule is C/C(=N\NC(=O)c1ccc2c(c1)OCO2)c1ccc(N2CCOCC2)cc1. The van der Waals surface area contributed by atoms with E-state index in [0.717, 1.165) is 37.6 Å². The number of morpholine rings is 1. The third-order valence-electron chi connectivity index (χ3n) is 4.62. The van der Waals surface area contributed by atoms with E-state index in [0.29, 0.717) is 17.1 Å². The first kappa shape index (κ1) is 17.4. The Bertz CT molecular complexity index is 858. The second kappa shape index (κ2) is 7.67. The molecule has 0 radical (unpaired) electrons. The van der Waals surface area contributed by atoms with Gasteiger partial charge in [-0.2, -0.15) is 5.10 Å². The summed E-state index contributed by atoms with van der Waals surface area (Å²) in [7, 11) is 0. The van der Waals surface area contributed by atoms with Crippen LogP contribution in [0.1, 0.15) is 22.8 Å². The molecule has 2 aromatic carbocycles. The molecular weight excluding hydrogens is 346 g/mol. The number of amides is 1. The van der Waals surface area contributed by atoms with Crippen LogP contribution in [0.5, 0.6) is 11.5 Å². The molecule has 1 fully saturated rings. The Morgan fingerprint density at radius 2 is 1.70 bits per heavy atom. The number of hydrogen-bond donors (Lipinski definition) is 1. The van der Waals surface area contributed by atoms with Crippen molar-refractivity contribution in [2.24, 2.45) is 5.10 Å². The Balaban J connectivity index is 1.40. The number of carbonyl (C=O) groups excluding carboxylic acids is 1. The highest BCUT2D eigenvalue weighted by molar-refractivity contribution is 6.01. The van der Waals surface area contributed by atoms with Crippen molar-refractivity contribution >= 4 is 17.3 Å². The molecule has 2 aliphatic heterocycles. The summed E-state index contributed by atoms with van der Waals surface area (Å²) in [5.74, 6) is 0.922. The van der Waals surface area contributed by atoms with Crippen LogP contribution in [0.2, 0.25) is 0 Å². The number of nitrogens with one attached hydrogen (secondary N) is 1. The predicted molar refractivity (Wildman–Crippen MR) is 102 cm³/mol. The lowest BCUT2D eigenvalue weighted by Gasteiger charge is -2.28. The van der Waals surface area contributed by atoms with Crippen molar-refractivity contribution in [3.05, 3.63) is 53.6 Å². The molecule has 0 aromatic heterocycles. The molecule has 4 rings (SSSR count). The van der Waals surface area contributed by atoms with E-state index in [-0.39, 0.29) is 12.7 Å². The third-order valence-corrected chi connectivity index (χ3v) is 4.62. The maximum Gasteiger partial charge on any atom is 0.271 e. The summed E-state index contributed by atoms with van der Waals surface area (Å²) in [6, 6.07) is 13.2. The van der Waals surface area contributed by atoms with Crippen molar-refractivity contribution in [2.75, 3.05) is 38.0 Å². The highest BCUT2D eigenvalue weighted by atomic mass is 16.7. The molecule has 2 heterocycles. The van der Waals surface area contributed by atoms with Gasteiger partial charge in [-0.15, -0.1) is 0 Å². The lowest BCUT2D eigenvalue weighted by Crippen LogP contribution is -2.36. The van der Waals surface area contributed by atoms with Crippen molar-refractivity contribution in [1.29, 1.82) is 0 Å². The topological polar surface area (TPSA) is 72.4 Å². The molecule has 1 N–H and O–H groups in total. The Morgan fingerprint density at radius 3 is 2.48 bits per heavy atom. The minimum Gasteiger partial charge on any atom is -0.454 e. The van der Waals surface area contributed by atoms with Crippen molar-refractivity contribution < 1.29 is 19.0 Å². The molecule has 140 valence electrons. The van der Waals surface area contributed by atoms with Gasteiger partial charge in [0.05, 0.1) is 18.9 Å². The summed E-state index contributed by atoms with van der Waals surface area (Å²) in [6.07, 6.45) is 0. The van der Waals surface area contributed by atoms with Gasteiger partial charge in [0.1, 0.15) is 0 Å². The second-order valence-corrected chi connectivity index (χ2v) is 6.35. The van der Waals surface area contributed by atoms with Crippen LogP contribution >= 0.6 is 0 Å². The largest absolute Gasteiger partial charge is 0.454 e. The standard InChI is InChI=1S/C20H21N3O4/c1-14(15-2-5-17(6-3-15)23-8-10-25-11-9-23)21-22-20(24)16-4-7-18-19(12-16)27-13-26-18/h2-7,12H,8-11,13H2,1H3,(H,22,24)/b21-14+. The fraction of sp³-hybridized carbons (Fsp3) is 0.300. The van der Waals surface area contributed by atoms with E-state index < -0.39 is 0 Å². The molecule has 2 aliphatic rings. The summed E-state index contributed by atoms with van der Waals surface area (Å²) in [5.41, 5.74) is 5.92. The smallest absolute Gasteiger partial charge is 0.271 e. The van der Waals surface area contributed by atoms with Gasteiger partial charge in [-0.05, 0) is 42.8 Å². The van der Waals surface area contributed by atoms with Gasteiger partial charge < -0.3 is 19.1 Å². The van der Waals surface area contributed by atoms with Gasteiger partial charge in [-0.25, -0.2) is 5.43 Å². The average molecular weight is 367 g/mol. The molecule has 1 amide bonds. The van der Waals surface area contributed by atoms with E-state index in [1.807, 2.05) is 19.1 Å². The van der Waals surface area contributed by atoms with Crippen LogP contribution in [0, 0.1) is 0 Å². The Kier molecular flexibility index (Phi) is 4.93. The number of carbonyl (C=O) groups is 1. The van der Waals surface area contributed by atoms with Crippen LogP contribution in [0.15, 0.2) is 47.6 Å². The molecule has 7 heteroatoms. The maximum atomic E-state index is 12.3. The number of nitrogens with zero attached hydrogens (tertiary/aromatic N) is 2. The molecule has 0 aliphatic carbocycles. The number of rotatable bonds is 4. The Morgan fingerprint density at radius 1 is 1.00 bits per heavy atom. The molecule has 27 heavy (non-hydrogen) atoms. The third kappa shape index (κ3) is 3.88. The Labute approximate surface area is 157 Å². The molecule has 2 aromatic rings. The first-order valence-corrected chi connectivity index (χ1v) is 8.88. The fourth-order valence-corrected chi connectivity index (χ4v) is 3.04. The monoisotopic (exact) mass is 367 g/mol. The summed E-state index contributed by atoms with van der Waals surface area (Å²) in [6.45, 7) is 5.36. The number of anilines is 1. The zero-order chi connectivity index (χ0) is 18.6. The number of hydrogen-bond acceptors (Lipinski definition) is 6. The average Bonchev–Trinajstić information content (AvgIpc) is 3.20. The quantitative estimate of drug-likeness (QED) is 0.664. The lowest BCUT2D eigenvalue weighted by atomic mass is 10.1. The molecule has 1 saturated heterocycles. The van der Waals surface area contributed by atoms with E-state index in [2.05, 4.69) is 27.6 Å². The zero-order valence-corrected chi connectivity index (χ0v) is 15.1. The fourth-order valence-electron chi connectivity index (χ4n) is 3.04. The van der Waals surface area contributed by atoms with Gasteiger partial charge >= 0.3 is 0 Å². The molecule has 0 unspecified atom stereocenters. The van der Waals surface area contributed by atoms with Gasteiger partial charge in [0.25, 0.3) is 5.91 Å². The summed E-state index contributed by atoms with van der Waals surface area (Å²) in [4.78, 5) is 14.6. The van der Waals surface area contributed by atoms with Gasteiger partial charge in [-0.3, -0.25) is 4.79 Å². The highest BCUT2D eigenvalue weighted by Crippen LogP contribution is 2.32. The van der Waals surface area contributed by atoms with Crippen LogP contribution in [0.3, 0.4) is 0 Å². The van der Waals surface area contributed by atoms with Crippen LogP contribution in [-0.4, -0.2) is 44.7 Å². The molecule has 0 atom stereocenters. The van der Waals surface area contributed by atoms with Crippen LogP contribution in [0.4, 0.5) is 5.69 Å². The van der Waals surface area contributed by atoms with Crippen molar-refractivity contribution in [1.82, 2.24) is 5.43 Å². The minimum atomic E-state index is -0.294. The van der Waals surface area contributed by atoms with Gasteiger partial charge in [-0.1, -0.05) is 12.1 Å². The molecule has 0 spiro atoms. The number of ether oxygens (including phenoxy) is 3. The van der Waals surface area contributed by atoms with Crippen molar-refractivity contribution in [3.63, 3.8) is 0 Å². The van der Waals surface area contributed by atoms with E-state index >= 15 is 0 Å². The normalized spacial score (nSPS) is 16.3. The summed E-state index contributed by atoms with van der Waals surface area (Å²) in [5, 5.41) is 4.22. The van der Waals surface area contributed by atoms with Gasteiger partial charge in [0.15, 0.2) is 11.5 Å². The van der Waals surface area contributed by atoms with E-state index in [1.165, 1.54) is 5.69 Å². The molecule has 0 bridgehead atoms. The van der Waals surface area contributed by atoms with Crippen molar-refractivity contribution in [2.45, 2.75) is 6.92 Å². The van der Waals surface area contributed by atoms with Gasteiger partial charge in [0.2, 0.25) is 6.79 Å². The van der Waals surface area contributed by atoms with Crippen molar-refractivity contribution in [3.8, 4) is 11.5 Å². The van der Waals surface area contributed by atoms with Crippen LogP contribution < -0.4 is 19.8 Å². The van der Waals surface area contributed by atoms with E-state index in [9.17, 15) is 4.79 Å². The van der Waals surface area contributed by atoms with E-state index in [4.69, 9.17) is 14.2 Å². The summed E-state index contributed by atoms with van der Waals surface area (Å²) < 4.78 is 15.9. The first-order chi connectivity index (χ1) is 13.2. The molecular formula is C20H21N3O4. The second-order valence-electron chi connectivity index (χ2n) is 6.35. The van der Waals surface area contributed by atoms with Crippen LogP contribution in [0.25, 0.3) is 0 Å².